The van der Waals surface area contributed by atoms with Crippen molar-refractivity contribution in [3.8, 4) is 0 Å². The first-order valence-electron chi connectivity index (χ1n) is 5.26. The van der Waals surface area contributed by atoms with Gasteiger partial charge in [0, 0.05) is 13.2 Å². The molecule has 0 fully saturated rings. The highest BCUT2D eigenvalue weighted by molar-refractivity contribution is 5.51. The van der Waals surface area contributed by atoms with Crippen molar-refractivity contribution in [3.63, 3.8) is 0 Å². The Morgan fingerprint density at radius 3 is 3.06 bits per heavy atom. The van der Waals surface area contributed by atoms with Crippen LogP contribution < -0.4 is 5.32 Å². The number of methoxy groups -OCH3 is 1. The number of anilines is 1. The van der Waals surface area contributed by atoms with Gasteiger partial charge in [0.1, 0.15) is 12.1 Å². The SMILES string of the molecule is COCC(C)Nc1cc(C)cc2ncnn12. The summed E-state index contributed by atoms with van der Waals surface area (Å²) >= 11 is 0. The van der Waals surface area contributed by atoms with Gasteiger partial charge >= 0.3 is 0 Å². The van der Waals surface area contributed by atoms with Gasteiger partial charge in [-0.25, -0.2) is 4.98 Å². The van der Waals surface area contributed by atoms with Gasteiger partial charge in [0.2, 0.25) is 0 Å². The van der Waals surface area contributed by atoms with Crippen LogP contribution in [0.15, 0.2) is 18.5 Å². The van der Waals surface area contributed by atoms with E-state index >= 15 is 0 Å². The number of hydrogen-bond acceptors (Lipinski definition) is 4. The molecule has 1 unspecified atom stereocenters. The average molecular weight is 220 g/mol. The molecule has 0 aromatic carbocycles. The highest BCUT2D eigenvalue weighted by Crippen LogP contribution is 2.14. The molecule has 0 aliphatic heterocycles. The number of pyridine rings is 1. The van der Waals surface area contributed by atoms with E-state index in [-0.39, 0.29) is 6.04 Å². The number of ether oxygens (including phenoxy) is 1. The number of aryl methyl sites for hydroxylation is 1. The van der Waals surface area contributed by atoms with E-state index in [1.165, 1.54) is 0 Å². The van der Waals surface area contributed by atoms with Crippen molar-refractivity contribution >= 4 is 11.5 Å². The third-order valence-corrected chi connectivity index (χ3v) is 2.33. The van der Waals surface area contributed by atoms with Crippen LogP contribution in [0.1, 0.15) is 12.5 Å². The van der Waals surface area contributed by atoms with Crippen LogP contribution in [0.4, 0.5) is 5.82 Å². The normalized spacial score (nSPS) is 12.9. The second-order valence-electron chi connectivity index (χ2n) is 3.95. The molecule has 86 valence electrons. The van der Waals surface area contributed by atoms with Gasteiger partial charge in [-0.3, -0.25) is 0 Å². The summed E-state index contributed by atoms with van der Waals surface area (Å²) in [5.41, 5.74) is 2.01. The maximum Gasteiger partial charge on any atom is 0.157 e. The van der Waals surface area contributed by atoms with Crippen molar-refractivity contribution in [1.82, 2.24) is 14.6 Å². The highest BCUT2D eigenvalue weighted by Gasteiger charge is 2.07. The van der Waals surface area contributed by atoms with Crippen molar-refractivity contribution in [2.24, 2.45) is 0 Å². The fourth-order valence-electron chi connectivity index (χ4n) is 1.70. The lowest BCUT2D eigenvalue weighted by Crippen LogP contribution is -2.22. The molecule has 0 radical (unpaired) electrons. The number of fused-ring (bicyclic) bond motifs is 1. The zero-order valence-electron chi connectivity index (χ0n) is 9.77. The molecule has 2 heterocycles. The molecule has 5 nitrogen and oxygen atoms in total. The zero-order valence-corrected chi connectivity index (χ0v) is 9.77. The Morgan fingerprint density at radius 2 is 2.31 bits per heavy atom. The first-order valence-corrected chi connectivity index (χ1v) is 5.26. The molecule has 0 saturated carbocycles. The van der Waals surface area contributed by atoms with Gasteiger partial charge in [-0.05, 0) is 31.5 Å². The van der Waals surface area contributed by atoms with Crippen LogP contribution in [0.3, 0.4) is 0 Å². The lowest BCUT2D eigenvalue weighted by atomic mass is 10.2. The third-order valence-electron chi connectivity index (χ3n) is 2.33. The smallest absolute Gasteiger partial charge is 0.157 e. The molecule has 5 heteroatoms. The fourth-order valence-corrected chi connectivity index (χ4v) is 1.70. The molecule has 0 aliphatic carbocycles. The predicted octanol–water partition coefficient (Wildman–Crippen LogP) is 1.48. The molecule has 2 aromatic heterocycles. The maximum absolute atomic E-state index is 5.09. The Balaban J connectivity index is 2.31. The minimum Gasteiger partial charge on any atom is -0.383 e. The maximum atomic E-state index is 5.09. The first kappa shape index (κ1) is 10.9. The number of rotatable bonds is 4. The number of aromatic nitrogens is 3. The Bertz CT molecular complexity index is 480. The van der Waals surface area contributed by atoms with Crippen LogP contribution in [0.5, 0.6) is 0 Å². The first-order chi connectivity index (χ1) is 7.70. The van der Waals surface area contributed by atoms with Crippen molar-refractivity contribution in [2.75, 3.05) is 19.0 Å². The van der Waals surface area contributed by atoms with Gasteiger partial charge in [-0.2, -0.15) is 9.61 Å². The summed E-state index contributed by atoms with van der Waals surface area (Å²) in [5, 5.41) is 7.52. The summed E-state index contributed by atoms with van der Waals surface area (Å²) in [6, 6.07) is 4.28. The zero-order chi connectivity index (χ0) is 11.5. The van der Waals surface area contributed by atoms with Gasteiger partial charge in [0.05, 0.1) is 6.61 Å². The summed E-state index contributed by atoms with van der Waals surface area (Å²) in [7, 11) is 1.69. The van der Waals surface area contributed by atoms with Crippen LogP contribution in [-0.4, -0.2) is 34.4 Å². The lowest BCUT2D eigenvalue weighted by molar-refractivity contribution is 0.190. The summed E-state index contributed by atoms with van der Waals surface area (Å²) in [6.07, 6.45) is 1.56. The quantitative estimate of drug-likeness (QED) is 0.848. The number of hydrogen-bond donors (Lipinski definition) is 1. The van der Waals surface area contributed by atoms with Gasteiger partial charge in [-0.1, -0.05) is 0 Å². The number of nitrogens with one attached hydrogen (secondary N) is 1. The van der Waals surface area contributed by atoms with Crippen LogP contribution in [0, 0.1) is 6.92 Å². The van der Waals surface area contributed by atoms with E-state index in [1.54, 1.807) is 18.0 Å². The lowest BCUT2D eigenvalue weighted by Gasteiger charge is -2.15. The van der Waals surface area contributed by atoms with Crippen LogP contribution in [0.2, 0.25) is 0 Å². The molecule has 0 saturated heterocycles. The van der Waals surface area contributed by atoms with E-state index in [9.17, 15) is 0 Å². The van der Waals surface area contributed by atoms with Crippen LogP contribution in [0.25, 0.3) is 5.65 Å². The van der Waals surface area contributed by atoms with Crippen molar-refractivity contribution in [1.29, 1.82) is 0 Å². The van der Waals surface area contributed by atoms with Gasteiger partial charge in [0.15, 0.2) is 5.65 Å². The fraction of sp³-hybridized carbons (Fsp3) is 0.455. The summed E-state index contributed by atoms with van der Waals surface area (Å²) in [6.45, 7) is 4.76. The van der Waals surface area contributed by atoms with Gasteiger partial charge < -0.3 is 10.1 Å². The van der Waals surface area contributed by atoms with Crippen LogP contribution in [-0.2, 0) is 4.74 Å². The second kappa shape index (κ2) is 4.49. The standard InChI is InChI=1S/C11H16N4O/c1-8-4-10-12-7-13-15(10)11(5-8)14-9(2)6-16-3/h4-5,7,9,14H,6H2,1-3H3. The van der Waals surface area contributed by atoms with Crippen LogP contribution >= 0.6 is 0 Å². The molecule has 1 N–H and O–H groups in total. The number of nitrogens with zero attached hydrogens (tertiary/aromatic N) is 3. The molecule has 0 amide bonds. The predicted molar refractivity (Wildman–Crippen MR) is 62.7 cm³/mol. The molecule has 2 rings (SSSR count). The topological polar surface area (TPSA) is 51.5 Å². The Kier molecular flexibility index (Phi) is 3.05. The Morgan fingerprint density at radius 1 is 1.50 bits per heavy atom. The molecule has 0 bridgehead atoms. The average Bonchev–Trinajstić information content (AvgIpc) is 2.65. The van der Waals surface area contributed by atoms with Crippen molar-refractivity contribution < 1.29 is 4.74 Å². The largest absolute Gasteiger partial charge is 0.383 e. The molecular formula is C11H16N4O. The second-order valence-corrected chi connectivity index (χ2v) is 3.95. The Hall–Kier alpha value is -1.62. The molecule has 2 aromatic rings. The molecule has 0 spiro atoms. The van der Waals surface area contributed by atoms with Crippen molar-refractivity contribution in [2.45, 2.75) is 19.9 Å². The summed E-state index contributed by atoms with van der Waals surface area (Å²) in [4.78, 5) is 4.17. The van der Waals surface area contributed by atoms with E-state index in [0.717, 1.165) is 17.0 Å². The van der Waals surface area contributed by atoms with E-state index in [1.807, 2.05) is 19.1 Å². The van der Waals surface area contributed by atoms with E-state index < -0.39 is 0 Å². The summed E-state index contributed by atoms with van der Waals surface area (Å²) in [5.74, 6) is 0.942. The van der Waals surface area contributed by atoms with E-state index in [2.05, 4.69) is 22.3 Å². The van der Waals surface area contributed by atoms with Gasteiger partial charge in [0.25, 0.3) is 0 Å². The summed E-state index contributed by atoms with van der Waals surface area (Å²) < 4.78 is 6.88. The molecule has 1 atom stereocenters. The third kappa shape index (κ3) is 2.14. The van der Waals surface area contributed by atoms with E-state index in [4.69, 9.17) is 4.74 Å². The molecule has 16 heavy (non-hydrogen) atoms. The van der Waals surface area contributed by atoms with Crippen molar-refractivity contribution in [3.05, 3.63) is 24.0 Å². The molecular weight excluding hydrogens is 204 g/mol. The van der Waals surface area contributed by atoms with Gasteiger partial charge in [-0.15, -0.1) is 0 Å². The highest BCUT2D eigenvalue weighted by atomic mass is 16.5. The monoisotopic (exact) mass is 220 g/mol. The molecule has 0 aliphatic rings. The minimum atomic E-state index is 0.235. The minimum absolute atomic E-state index is 0.235. The van der Waals surface area contributed by atoms with E-state index in [0.29, 0.717) is 6.61 Å². The Labute approximate surface area is 94.4 Å².